The maximum absolute atomic E-state index is 4.45. The number of benzene rings is 1. The summed E-state index contributed by atoms with van der Waals surface area (Å²) >= 11 is 0. The highest BCUT2D eigenvalue weighted by molar-refractivity contribution is 5.48. The zero-order valence-electron chi connectivity index (χ0n) is 12.4. The second kappa shape index (κ2) is 6.89. The Morgan fingerprint density at radius 1 is 1.10 bits per heavy atom. The van der Waals surface area contributed by atoms with Gasteiger partial charge in [-0.15, -0.1) is 0 Å². The van der Waals surface area contributed by atoms with Crippen LogP contribution in [0.15, 0.2) is 36.4 Å². The van der Waals surface area contributed by atoms with E-state index in [1.807, 2.05) is 31.2 Å². The molecule has 4 nitrogen and oxygen atoms in total. The van der Waals surface area contributed by atoms with Crippen LogP contribution in [-0.4, -0.2) is 16.5 Å². The van der Waals surface area contributed by atoms with Crippen molar-refractivity contribution >= 4 is 11.6 Å². The van der Waals surface area contributed by atoms with Gasteiger partial charge in [-0.05, 0) is 25.8 Å². The average Bonchev–Trinajstić information content (AvgIpc) is 2.45. The smallest absolute Gasteiger partial charge is 0.132 e. The van der Waals surface area contributed by atoms with Crippen LogP contribution in [0.25, 0.3) is 0 Å². The van der Waals surface area contributed by atoms with E-state index < -0.39 is 0 Å². The van der Waals surface area contributed by atoms with E-state index in [1.54, 1.807) is 0 Å². The normalized spacial score (nSPS) is 11.9. The maximum atomic E-state index is 4.45. The van der Waals surface area contributed by atoms with Gasteiger partial charge in [0.1, 0.15) is 17.5 Å². The van der Waals surface area contributed by atoms with Gasteiger partial charge in [0.15, 0.2) is 0 Å². The van der Waals surface area contributed by atoms with Gasteiger partial charge in [0.2, 0.25) is 0 Å². The maximum Gasteiger partial charge on any atom is 0.132 e. The van der Waals surface area contributed by atoms with Crippen LogP contribution >= 0.6 is 0 Å². The Bertz CT molecular complexity index is 539. The SMILES string of the molecule is CCCNc1cc(NC(C)c2ccccc2)nc(C)n1. The third kappa shape index (κ3) is 3.95. The molecule has 20 heavy (non-hydrogen) atoms. The van der Waals surface area contributed by atoms with Crippen LogP contribution in [0.4, 0.5) is 11.6 Å². The van der Waals surface area contributed by atoms with E-state index >= 15 is 0 Å². The van der Waals surface area contributed by atoms with Crippen molar-refractivity contribution in [2.75, 3.05) is 17.2 Å². The number of aromatic nitrogens is 2. The van der Waals surface area contributed by atoms with E-state index in [2.05, 4.69) is 46.6 Å². The van der Waals surface area contributed by atoms with Gasteiger partial charge < -0.3 is 10.6 Å². The third-order valence-electron chi connectivity index (χ3n) is 3.06. The lowest BCUT2D eigenvalue weighted by Crippen LogP contribution is -2.10. The monoisotopic (exact) mass is 270 g/mol. The molecule has 2 N–H and O–H groups in total. The quantitative estimate of drug-likeness (QED) is 0.838. The van der Waals surface area contributed by atoms with Crippen LogP contribution in [0.1, 0.15) is 37.7 Å². The minimum Gasteiger partial charge on any atom is -0.370 e. The number of rotatable bonds is 6. The summed E-state index contributed by atoms with van der Waals surface area (Å²) in [5, 5.41) is 6.72. The van der Waals surface area contributed by atoms with E-state index in [-0.39, 0.29) is 6.04 Å². The van der Waals surface area contributed by atoms with Gasteiger partial charge in [0.25, 0.3) is 0 Å². The summed E-state index contributed by atoms with van der Waals surface area (Å²) in [5.41, 5.74) is 1.24. The summed E-state index contributed by atoms with van der Waals surface area (Å²) in [7, 11) is 0. The molecule has 0 fully saturated rings. The molecule has 1 aromatic carbocycles. The first-order valence-electron chi connectivity index (χ1n) is 7.10. The fourth-order valence-electron chi connectivity index (χ4n) is 2.03. The summed E-state index contributed by atoms with van der Waals surface area (Å²) in [4.78, 5) is 8.83. The second-order valence-corrected chi connectivity index (χ2v) is 4.89. The zero-order valence-corrected chi connectivity index (χ0v) is 12.4. The van der Waals surface area contributed by atoms with Crippen LogP contribution in [0, 0.1) is 6.92 Å². The van der Waals surface area contributed by atoms with E-state index in [0.717, 1.165) is 30.4 Å². The minimum atomic E-state index is 0.213. The van der Waals surface area contributed by atoms with Gasteiger partial charge in [-0.3, -0.25) is 0 Å². The molecule has 0 aliphatic carbocycles. The number of hydrogen-bond donors (Lipinski definition) is 2. The lowest BCUT2D eigenvalue weighted by atomic mass is 10.1. The Kier molecular flexibility index (Phi) is 4.93. The zero-order chi connectivity index (χ0) is 14.4. The van der Waals surface area contributed by atoms with E-state index in [9.17, 15) is 0 Å². The number of nitrogens with zero attached hydrogens (tertiary/aromatic N) is 2. The van der Waals surface area contributed by atoms with Gasteiger partial charge in [-0.2, -0.15) is 0 Å². The van der Waals surface area contributed by atoms with E-state index in [4.69, 9.17) is 0 Å². The molecule has 1 heterocycles. The molecule has 0 radical (unpaired) electrons. The number of nitrogens with one attached hydrogen (secondary N) is 2. The Hall–Kier alpha value is -2.10. The molecule has 0 bridgehead atoms. The van der Waals surface area contributed by atoms with Crippen LogP contribution < -0.4 is 10.6 Å². The predicted molar refractivity (Wildman–Crippen MR) is 84.0 cm³/mol. The molecule has 1 unspecified atom stereocenters. The fraction of sp³-hybridized carbons (Fsp3) is 0.375. The first-order chi connectivity index (χ1) is 9.69. The summed E-state index contributed by atoms with van der Waals surface area (Å²) in [6, 6.07) is 12.5. The molecule has 0 saturated carbocycles. The van der Waals surface area contributed by atoms with Crippen molar-refractivity contribution in [3.63, 3.8) is 0 Å². The highest BCUT2D eigenvalue weighted by Gasteiger charge is 2.07. The molecule has 4 heteroatoms. The predicted octanol–water partition coefficient (Wildman–Crippen LogP) is 3.78. The van der Waals surface area contributed by atoms with Crippen LogP contribution in [0.3, 0.4) is 0 Å². The number of anilines is 2. The third-order valence-corrected chi connectivity index (χ3v) is 3.06. The summed E-state index contributed by atoms with van der Waals surface area (Å²) in [6.07, 6.45) is 1.08. The molecule has 0 amide bonds. The largest absolute Gasteiger partial charge is 0.370 e. The molecular weight excluding hydrogens is 248 g/mol. The molecule has 0 aliphatic heterocycles. The van der Waals surface area contributed by atoms with Gasteiger partial charge in [-0.25, -0.2) is 9.97 Å². The van der Waals surface area contributed by atoms with Gasteiger partial charge in [0, 0.05) is 18.7 Å². The fourth-order valence-corrected chi connectivity index (χ4v) is 2.03. The first-order valence-corrected chi connectivity index (χ1v) is 7.10. The molecular formula is C16H22N4. The molecule has 2 aromatic rings. The molecule has 106 valence electrons. The van der Waals surface area contributed by atoms with Crippen molar-refractivity contribution in [3.8, 4) is 0 Å². The van der Waals surface area contributed by atoms with Gasteiger partial charge >= 0.3 is 0 Å². The second-order valence-electron chi connectivity index (χ2n) is 4.89. The van der Waals surface area contributed by atoms with Crippen LogP contribution in [0.2, 0.25) is 0 Å². The number of aryl methyl sites for hydroxylation is 1. The molecule has 2 rings (SSSR count). The van der Waals surface area contributed by atoms with Gasteiger partial charge in [-0.1, -0.05) is 37.3 Å². The lowest BCUT2D eigenvalue weighted by Gasteiger charge is -2.16. The summed E-state index contributed by atoms with van der Waals surface area (Å²) in [5.74, 6) is 2.50. The van der Waals surface area contributed by atoms with Crippen molar-refractivity contribution < 1.29 is 0 Å². The Morgan fingerprint density at radius 3 is 2.50 bits per heavy atom. The summed E-state index contributed by atoms with van der Waals surface area (Å²) < 4.78 is 0. The Labute approximate surface area is 120 Å². The summed E-state index contributed by atoms with van der Waals surface area (Å²) in [6.45, 7) is 7.10. The molecule has 1 aromatic heterocycles. The van der Waals surface area contributed by atoms with Crippen LogP contribution in [-0.2, 0) is 0 Å². The first kappa shape index (κ1) is 14.3. The van der Waals surface area contributed by atoms with Crippen LogP contribution in [0.5, 0.6) is 0 Å². The van der Waals surface area contributed by atoms with Gasteiger partial charge in [0.05, 0.1) is 0 Å². The molecule has 1 atom stereocenters. The molecule has 0 spiro atoms. The number of hydrogen-bond acceptors (Lipinski definition) is 4. The topological polar surface area (TPSA) is 49.8 Å². The van der Waals surface area contributed by atoms with E-state index in [1.165, 1.54) is 5.56 Å². The molecule has 0 saturated heterocycles. The Balaban J connectivity index is 2.10. The highest BCUT2D eigenvalue weighted by Crippen LogP contribution is 2.19. The van der Waals surface area contributed by atoms with Crippen molar-refractivity contribution in [3.05, 3.63) is 47.8 Å². The van der Waals surface area contributed by atoms with Crippen molar-refractivity contribution in [1.82, 2.24) is 9.97 Å². The Morgan fingerprint density at radius 2 is 1.80 bits per heavy atom. The van der Waals surface area contributed by atoms with E-state index in [0.29, 0.717) is 0 Å². The molecule has 0 aliphatic rings. The average molecular weight is 270 g/mol. The standard InChI is InChI=1S/C16H22N4/c1-4-10-17-15-11-16(20-13(3)19-15)18-12(2)14-8-6-5-7-9-14/h5-9,11-12H,4,10H2,1-3H3,(H2,17,18,19,20). The van der Waals surface area contributed by atoms with Crippen molar-refractivity contribution in [1.29, 1.82) is 0 Å². The van der Waals surface area contributed by atoms with Crippen molar-refractivity contribution in [2.24, 2.45) is 0 Å². The lowest BCUT2D eigenvalue weighted by molar-refractivity contribution is 0.866. The highest BCUT2D eigenvalue weighted by atomic mass is 15.1. The van der Waals surface area contributed by atoms with Crippen molar-refractivity contribution in [2.45, 2.75) is 33.2 Å². The minimum absolute atomic E-state index is 0.213.